The van der Waals surface area contributed by atoms with Crippen LogP contribution in [0.2, 0.25) is 0 Å². The van der Waals surface area contributed by atoms with E-state index in [2.05, 4.69) is 11.6 Å². The van der Waals surface area contributed by atoms with Crippen molar-refractivity contribution in [3.05, 3.63) is 28.7 Å². The number of likely N-dealkylation sites (N-methyl/N-ethyl adjacent to an activating group) is 1. The van der Waals surface area contributed by atoms with Crippen molar-refractivity contribution >= 4 is 17.3 Å². The molecule has 0 aliphatic carbocycles. The summed E-state index contributed by atoms with van der Waals surface area (Å²) >= 11 is 1.56. The number of carboxylic acid groups (broad SMARTS) is 1. The zero-order chi connectivity index (χ0) is 11.4. The van der Waals surface area contributed by atoms with Gasteiger partial charge >= 0.3 is 5.97 Å². The fraction of sp³-hybridized carbons (Fsp3) is 0.400. The third-order valence-electron chi connectivity index (χ3n) is 2.21. The van der Waals surface area contributed by atoms with Crippen LogP contribution >= 0.6 is 11.3 Å². The lowest BCUT2D eigenvalue weighted by atomic mass is 10.2. The van der Waals surface area contributed by atoms with Crippen molar-refractivity contribution in [1.82, 2.24) is 9.88 Å². The highest BCUT2D eigenvalue weighted by atomic mass is 32.1. The zero-order valence-corrected chi connectivity index (χ0v) is 9.62. The quantitative estimate of drug-likeness (QED) is 0.777. The van der Waals surface area contributed by atoms with E-state index < -0.39 is 5.97 Å². The molecule has 0 fully saturated rings. The number of carbonyl (C=O) groups is 1. The van der Waals surface area contributed by atoms with E-state index in [1.807, 2.05) is 24.3 Å². The van der Waals surface area contributed by atoms with Crippen molar-refractivity contribution in [1.29, 1.82) is 0 Å². The molecule has 0 aliphatic heterocycles. The van der Waals surface area contributed by atoms with Gasteiger partial charge in [-0.15, -0.1) is 11.3 Å². The van der Waals surface area contributed by atoms with E-state index in [4.69, 9.17) is 5.11 Å². The van der Waals surface area contributed by atoms with Crippen molar-refractivity contribution in [3.63, 3.8) is 0 Å². The Morgan fingerprint density at radius 2 is 2.47 bits per heavy atom. The largest absolute Gasteiger partial charge is 0.478 e. The molecule has 0 bridgehead atoms. The van der Waals surface area contributed by atoms with Crippen LogP contribution in [-0.4, -0.2) is 34.6 Å². The standard InChI is InChI=1S/C10H14N2O2S/c1-7(10(13)14)6-12(3)8(2)9-11-4-5-15-9/h4-5,8H,1,6H2,2-3H3,(H,13,14). The molecule has 1 atom stereocenters. The smallest absolute Gasteiger partial charge is 0.332 e. The fourth-order valence-corrected chi connectivity index (χ4v) is 1.89. The number of hydrogen-bond acceptors (Lipinski definition) is 4. The maximum atomic E-state index is 10.6. The molecule has 15 heavy (non-hydrogen) atoms. The minimum atomic E-state index is -0.951. The van der Waals surface area contributed by atoms with Gasteiger partial charge in [0, 0.05) is 23.7 Å². The molecule has 0 aromatic carbocycles. The van der Waals surface area contributed by atoms with Gasteiger partial charge in [0.15, 0.2) is 0 Å². The third kappa shape index (κ3) is 3.14. The van der Waals surface area contributed by atoms with Gasteiger partial charge < -0.3 is 5.11 Å². The molecule has 1 N–H and O–H groups in total. The molecule has 0 amide bonds. The lowest BCUT2D eigenvalue weighted by molar-refractivity contribution is -0.132. The number of rotatable bonds is 5. The second kappa shape index (κ2) is 5.04. The van der Waals surface area contributed by atoms with Gasteiger partial charge in [-0.25, -0.2) is 9.78 Å². The average molecular weight is 226 g/mol. The van der Waals surface area contributed by atoms with Gasteiger partial charge in [-0.05, 0) is 14.0 Å². The Morgan fingerprint density at radius 3 is 2.93 bits per heavy atom. The third-order valence-corrected chi connectivity index (χ3v) is 3.16. The molecule has 1 rings (SSSR count). The summed E-state index contributed by atoms with van der Waals surface area (Å²) in [5, 5.41) is 11.6. The van der Waals surface area contributed by atoms with Crippen LogP contribution < -0.4 is 0 Å². The molecule has 0 radical (unpaired) electrons. The van der Waals surface area contributed by atoms with Gasteiger partial charge in [0.25, 0.3) is 0 Å². The molecule has 1 unspecified atom stereocenters. The first-order valence-corrected chi connectivity index (χ1v) is 5.41. The van der Waals surface area contributed by atoms with E-state index in [1.54, 1.807) is 17.5 Å². The molecule has 0 aliphatic rings. The van der Waals surface area contributed by atoms with Gasteiger partial charge in [0.2, 0.25) is 0 Å². The second-order valence-corrected chi connectivity index (χ2v) is 4.30. The monoisotopic (exact) mass is 226 g/mol. The van der Waals surface area contributed by atoms with E-state index in [9.17, 15) is 4.79 Å². The van der Waals surface area contributed by atoms with Crippen LogP contribution in [0.1, 0.15) is 18.0 Å². The van der Waals surface area contributed by atoms with E-state index in [0.29, 0.717) is 6.54 Å². The zero-order valence-electron chi connectivity index (χ0n) is 8.80. The molecule has 1 aromatic rings. The van der Waals surface area contributed by atoms with Crippen molar-refractivity contribution in [2.24, 2.45) is 0 Å². The molecule has 0 saturated heterocycles. The number of thiazole rings is 1. The maximum absolute atomic E-state index is 10.6. The van der Waals surface area contributed by atoms with Gasteiger partial charge in [-0.1, -0.05) is 6.58 Å². The Hall–Kier alpha value is -1.20. The van der Waals surface area contributed by atoms with Gasteiger partial charge in [-0.2, -0.15) is 0 Å². The molecule has 1 aromatic heterocycles. The highest BCUT2D eigenvalue weighted by molar-refractivity contribution is 7.09. The molecule has 5 heteroatoms. The first-order chi connectivity index (χ1) is 7.02. The molecule has 1 heterocycles. The van der Waals surface area contributed by atoms with Gasteiger partial charge in [0.1, 0.15) is 5.01 Å². The van der Waals surface area contributed by atoms with Gasteiger partial charge in [0.05, 0.1) is 6.04 Å². The normalized spacial score (nSPS) is 12.7. The van der Waals surface area contributed by atoms with Crippen LogP contribution in [0.15, 0.2) is 23.7 Å². The number of carboxylic acids is 1. The lowest BCUT2D eigenvalue weighted by Crippen LogP contribution is -2.26. The maximum Gasteiger partial charge on any atom is 0.332 e. The van der Waals surface area contributed by atoms with E-state index in [1.165, 1.54) is 0 Å². The molecule has 0 saturated carbocycles. The summed E-state index contributed by atoms with van der Waals surface area (Å²) in [4.78, 5) is 16.7. The second-order valence-electron chi connectivity index (χ2n) is 3.37. The Labute approximate surface area is 92.9 Å². The van der Waals surface area contributed by atoms with E-state index in [0.717, 1.165) is 5.01 Å². The summed E-state index contributed by atoms with van der Waals surface area (Å²) in [6, 6.07) is 0.112. The summed E-state index contributed by atoms with van der Waals surface area (Å²) in [5.74, 6) is -0.951. The lowest BCUT2D eigenvalue weighted by Gasteiger charge is -2.22. The van der Waals surface area contributed by atoms with Crippen LogP contribution in [0.3, 0.4) is 0 Å². The number of nitrogens with zero attached hydrogens (tertiary/aromatic N) is 2. The van der Waals surface area contributed by atoms with E-state index >= 15 is 0 Å². The summed E-state index contributed by atoms with van der Waals surface area (Å²) in [5.41, 5.74) is 0.195. The highest BCUT2D eigenvalue weighted by Gasteiger charge is 2.16. The minimum absolute atomic E-state index is 0.112. The predicted molar refractivity (Wildman–Crippen MR) is 59.9 cm³/mol. The SMILES string of the molecule is C=C(CN(C)C(C)c1nccs1)C(=O)O. The molecule has 4 nitrogen and oxygen atoms in total. The predicted octanol–water partition coefficient (Wildman–Crippen LogP) is 1.78. The number of aromatic nitrogens is 1. The molecule has 0 spiro atoms. The van der Waals surface area contributed by atoms with Crippen LogP contribution in [0.5, 0.6) is 0 Å². The Kier molecular flexibility index (Phi) is 3.99. The topological polar surface area (TPSA) is 53.4 Å². The van der Waals surface area contributed by atoms with Crippen LogP contribution in [0.4, 0.5) is 0 Å². The van der Waals surface area contributed by atoms with Gasteiger partial charge in [-0.3, -0.25) is 4.90 Å². The summed E-state index contributed by atoms with van der Waals surface area (Å²) < 4.78 is 0. The Bertz CT molecular complexity index is 348. The van der Waals surface area contributed by atoms with Crippen molar-refractivity contribution in [3.8, 4) is 0 Å². The first kappa shape index (κ1) is 11.9. The van der Waals surface area contributed by atoms with Crippen molar-refractivity contribution < 1.29 is 9.90 Å². The van der Waals surface area contributed by atoms with Crippen molar-refractivity contribution in [2.45, 2.75) is 13.0 Å². The highest BCUT2D eigenvalue weighted by Crippen LogP contribution is 2.20. The number of hydrogen-bond donors (Lipinski definition) is 1. The summed E-state index contributed by atoms with van der Waals surface area (Å²) in [6.45, 7) is 5.84. The Balaban J connectivity index is 2.58. The fourth-order valence-electron chi connectivity index (χ4n) is 1.13. The van der Waals surface area contributed by atoms with E-state index in [-0.39, 0.29) is 11.6 Å². The molecular weight excluding hydrogens is 212 g/mol. The molecule has 82 valence electrons. The van der Waals surface area contributed by atoms with Crippen molar-refractivity contribution in [2.75, 3.05) is 13.6 Å². The summed E-state index contributed by atoms with van der Waals surface area (Å²) in [6.07, 6.45) is 1.75. The minimum Gasteiger partial charge on any atom is -0.478 e. The van der Waals surface area contributed by atoms with Crippen LogP contribution in [-0.2, 0) is 4.79 Å². The average Bonchev–Trinajstić information content (AvgIpc) is 2.68. The molecular formula is C10H14N2O2S. The van der Waals surface area contributed by atoms with Crippen LogP contribution in [0.25, 0.3) is 0 Å². The van der Waals surface area contributed by atoms with Crippen LogP contribution in [0, 0.1) is 0 Å². The summed E-state index contributed by atoms with van der Waals surface area (Å²) in [7, 11) is 1.86. The Morgan fingerprint density at radius 1 is 1.80 bits per heavy atom. The first-order valence-electron chi connectivity index (χ1n) is 4.53. The number of aliphatic carboxylic acids is 1.